The van der Waals surface area contributed by atoms with Gasteiger partial charge in [0.15, 0.2) is 0 Å². The van der Waals surface area contributed by atoms with E-state index in [1.54, 1.807) is 18.4 Å². The van der Waals surface area contributed by atoms with Crippen molar-refractivity contribution in [2.45, 2.75) is 25.5 Å². The summed E-state index contributed by atoms with van der Waals surface area (Å²) in [6.07, 6.45) is 3.16. The minimum atomic E-state index is -0.171. The summed E-state index contributed by atoms with van der Waals surface area (Å²) < 4.78 is 12.8. The van der Waals surface area contributed by atoms with Crippen molar-refractivity contribution in [3.8, 4) is 0 Å². The fourth-order valence-electron chi connectivity index (χ4n) is 2.63. The highest BCUT2D eigenvalue weighted by molar-refractivity contribution is 7.10. The number of aromatic nitrogens is 2. The lowest BCUT2D eigenvalue weighted by Crippen LogP contribution is -2.32. The molecule has 7 heteroatoms. The van der Waals surface area contributed by atoms with Gasteiger partial charge in [-0.1, -0.05) is 6.07 Å². The van der Waals surface area contributed by atoms with E-state index >= 15 is 0 Å². The van der Waals surface area contributed by atoms with Crippen LogP contribution >= 0.6 is 11.3 Å². The zero-order valence-corrected chi connectivity index (χ0v) is 14.0. The summed E-state index contributed by atoms with van der Waals surface area (Å²) in [5.41, 5.74) is 2.13. The Hall–Kier alpha value is -1.70. The SMILES string of the molecule is COCCn1cc2c(n1)[C@H](CNC(=O)Cc1cccs1)OCC2. The predicted octanol–water partition coefficient (Wildman–Crippen LogP) is 1.56. The first-order valence-electron chi connectivity index (χ1n) is 7.72. The summed E-state index contributed by atoms with van der Waals surface area (Å²) in [6.45, 7) is 2.47. The molecule has 0 bridgehead atoms. The van der Waals surface area contributed by atoms with Crippen LogP contribution in [0.2, 0.25) is 0 Å². The van der Waals surface area contributed by atoms with Crippen LogP contribution < -0.4 is 5.32 Å². The van der Waals surface area contributed by atoms with Crippen LogP contribution in [0.15, 0.2) is 23.7 Å². The number of thiophene rings is 1. The van der Waals surface area contributed by atoms with Crippen molar-refractivity contribution >= 4 is 17.2 Å². The van der Waals surface area contributed by atoms with E-state index in [2.05, 4.69) is 16.6 Å². The van der Waals surface area contributed by atoms with Crippen molar-refractivity contribution in [3.05, 3.63) is 39.8 Å². The molecular weight excluding hydrogens is 314 g/mol. The van der Waals surface area contributed by atoms with Crippen LogP contribution in [0.25, 0.3) is 0 Å². The fourth-order valence-corrected chi connectivity index (χ4v) is 3.33. The van der Waals surface area contributed by atoms with Crippen molar-refractivity contribution < 1.29 is 14.3 Å². The van der Waals surface area contributed by atoms with E-state index in [-0.39, 0.29) is 12.0 Å². The third-order valence-electron chi connectivity index (χ3n) is 3.79. The largest absolute Gasteiger partial charge is 0.383 e. The minimum Gasteiger partial charge on any atom is -0.383 e. The highest BCUT2D eigenvalue weighted by atomic mass is 32.1. The van der Waals surface area contributed by atoms with Crippen LogP contribution in [-0.4, -0.2) is 42.6 Å². The van der Waals surface area contributed by atoms with Gasteiger partial charge in [0.25, 0.3) is 0 Å². The molecule has 0 spiro atoms. The molecule has 6 nitrogen and oxygen atoms in total. The maximum absolute atomic E-state index is 12.0. The molecule has 3 heterocycles. The van der Waals surface area contributed by atoms with E-state index in [4.69, 9.17) is 9.47 Å². The number of carbonyl (C=O) groups excluding carboxylic acids is 1. The number of methoxy groups -OCH3 is 1. The van der Waals surface area contributed by atoms with Gasteiger partial charge in [-0.15, -0.1) is 11.3 Å². The summed E-state index contributed by atoms with van der Waals surface area (Å²) in [5, 5.41) is 9.52. The second kappa shape index (κ2) is 7.72. The molecular formula is C16H21N3O3S. The Morgan fingerprint density at radius 3 is 3.30 bits per heavy atom. The quantitative estimate of drug-likeness (QED) is 0.834. The number of ether oxygens (including phenoxy) is 2. The van der Waals surface area contributed by atoms with Gasteiger partial charge in [0.1, 0.15) is 6.10 Å². The molecule has 2 aromatic heterocycles. The number of rotatable bonds is 7. The number of carbonyl (C=O) groups is 1. The van der Waals surface area contributed by atoms with E-state index in [9.17, 15) is 4.79 Å². The minimum absolute atomic E-state index is 0.0157. The molecule has 1 N–H and O–H groups in total. The first-order valence-corrected chi connectivity index (χ1v) is 8.60. The summed E-state index contributed by atoms with van der Waals surface area (Å²) >= 11 is 1.59. The molecule has 1 amide bonds. The number of nitrogens with one attached hydrogen (secondary N) is 1. The van der Waals surface area contributed by atoms with E-state index in [0.717, 1.165) is 23.5 Å². The van der Waals surface area contributed by atoms with Crippen molar-refractivity contribution in [2.24, 2.45) is 0 Å². The number of fused-ring (bicyclic) bond motifs is 1. The Morgan fingerprint density at radius 1 is 1.61 bits per heavy atom. The average molecular weight is 335 g/mol. The third kappa shape index (κ3) is 4.19. The molecule has 0 saturated carbocycles. The zero-order chi connectivity index (χ0) is 16.1. The van der Waals surface area contributed by atoms with Crippen LogP contribution in [0.3, 0.4) is 0 Å². The number of amides is 1. The maximum atomic E-state index is 12.0. The Labute approximate surface area is 139 Å². The summed E-state index contributed by atoms with van der Waals surface area (Å²) in [4.78, 5) is 13.1. The molecule has 1 aliphatic rings. The Morgan fingerprint density at radius 2 is 2.52 bits per heavy atom. The second-order valence-corrected chi connectivity index (χ2v) is 6.50. The zero-order valence-electron chi connectivity index (χ0n) is 13.2. The Kier molecular flexibility index (Phi) is 5.43. The topological polar surface area (TPSA) is 65.4 Å². The van der Waals surface area contributed by atoms with Crippen LogP contribution in [-0.2, 0) is 33.7 Å². The lowest BCUT2D eigenvalue weighted by atomic mass is 10.1. The molecule has 0 aromatic carbocycles. The van der Waals surface area contributed by atoms with E-state index in [0.29, 0.717) is 26.2 Å². The van der Waals surface area contributed by atoms with E-state index in [1.165, 1.54) is 5.56 Å². The lowest BCUT2D eigenvalue weighted by molar-refractivity contribution is -0.121. The van der Waals surface area contributed by atoms with Gasteiger partial charge in [-0.2, -0.15) is 5.10 Å². The molecule has 0 aliphatic carbocycles. The first-order chi connectivity index (χ1) is 11.3. The Bertz CT molecular complexity index is 639. The third-order valence-corrected chi connectivity index (χ3v) is 4.67. The maximum Gasteiger partial charge on any atom is 0.225 e. The van der Waals surface area contributed by atoms with Gasteiger partial charge in [0.2, 0.25) is 5.91 Å². The van der Waals surface area contributed by atoms with Gasteiger partial charge in [0.05, 0.1) is 31.9 Å². The normalized spacial score (nSPS) is 17.0. The van der Waals surface area contributed by atoms with Crippen molar-refractivity contribution in [2.75, 3.05) is 26.9 Å². The van der Waals surface area contributed by atoms with Gasteiger partial charge in [0, 0.05) is 24.7 Å². The summed E-state index contributed by atoms with van der Waals surface area (Å²) in [5.74, 6) is 0.0157. The van der Waals surface area contributed by atoms with Gasteiger partial charge in [-0.05, 0) is 23.4 Å². The number of hydrogen-bond acceptors (Lipinski definition) is 5. The van der Waals surface area contributed by atoms with E-state index in [1.807, 2.05) is 22.2 Å². The fraction of sp³-hybridized carbons (Fsp3) is 0.500. The van der Waals surface area contributed by atoms with Gasteiger partial charge in [-0.3, -0.25) is 9.48 Å². The highest BCUT2D eigenvalue weighted by Gasteiger charge is 2.25. The molecule has 0 radical (unpaired) electrons. The predicted molar refractivity (Wildman–Crippen MR) is 87.5 cm³/mol. The van der Waals surface area contributed by atoms with Gasteiger partial charge in [-0.25, -0.2) is 0 Å². The van der Waals surface area contributed by atoms with E-state index < -0.39 is 0 Å². The van der Waals surface area contributed by atoms with Crippen LogP contribution in [0.5, 0.6) is 0 Å². The van der Waals surface area contributed by atoms with Gasteiger partial charge < -0.3 is 14.8 Å². The van der Waals surface area contributed by atoms with Crippen LogP contribution in [0, 0.1) is 0 Å². The number of hydrogen-bond donors (Lipinski definition) is 1. The molecule has 1 aliphatic heterocycles. The molecule has 0 fully saturated rings. The molecule has 3 rings (SSSR count). The van der Waals surface area contributed by atoms with Crippen molar-refractivity contribution in [1.82, 2.24) is 15.1 Å². The highest BCUT2D eigenvalue weighted by Crippen LogP contribution is 2.25. The summed E-state index contributed by atoms with van der Waals surface area (Å²) in [6, 6.07) is 3.92. The van der Waals surface area contributed by atoms with Crippen molar-refractivity contribution in [3.63, 3.8) is 0 Å². The van der Waals surface area contributed by atoms with Crippen LogP contribution in [0.4, 0.5) is 0 Å². The Balaban J connectivity index is 1.57. The first kappa shape index (κ1) is 16.2. The summed E-state index contributed by atoms with van der Waals surface area (Å²) in [7, 11) is 1.68. The standard InChI is InChI=1S/C16H21N3O3S/c1-21-7-5-19-11-12-4-6-22-14(16(12)18-19)10-17-15(20)9-13-3-2-8-23-13/h2-3,8,11,14H,4-7,9-10H2,1H3,(H,17,20)/t14-/m0/s1. The molecule has 1 atom stereocenters. The molecule has 0 saturated heterocycles. The van der Waals surface area contributed by atoms with Crippen LogP contribution in [0.1, 0.15) is 22.2 Å². The molecule has 2 aromatic rings. The molecule has 124 valence electrons. The van der Waals surface area contributed by atoms with Crippen molar-refractivity contribution in [1.29, 1.82) is 0 Å². The molecule has 0 unspecified atom stereocenters. The monoisotopic (exact) mass is 335 g/mol. The van der Waals surface area contributed by atoms with Gasteiger partial charge >= 0.3 is 0 Å². The lowest BCUT2D eigenvalue weighted by Gasteiger charge is -2.22. The number of nitrogens with zero attached hydrogens (tertiary/aromatic N) is 2. The second-order valence-electron chi connectivity index (χ2n) is 5.47. The smallest absolute Gasteiger partial charge is 0.225 e. The average Bonchev–Trinajstić information content (AvgIpc) is 3.19. The molecule has 23 heavy (non-hydrogen) atoms.